The summed E-state index contributed by atoms with van der Waals surface area (Å²) in [6.07, 6.45) is 3.62. The molecule has 0 saturated heterocycles. The lowest BCUT2D eigenvalue weighted by Crippen LogP contribution is -2.31. The molecular weight excluding hydrogens is 288 g/mol. The minimum Gasteiger partial charge on any atom is -0.467 e. The normalized spacial score (nSPS) is 10.7. The van der Waals surface area contributed by atoms with Gasteiger partial charge < -0.3 is 13.9 Å². The first-order chi connectivity index (χ1) is 11.1. The Hall–Kier alpha value is -2.75. The highest BCUT2D eigenvalue weighted by Gasteiger charge is 2.20. The van der Waals surface area contributed by atoms with Gasteiger partial charge in [-0.1, -0.05) is 18.2 Å². The van der Waals surface area contributed by atoms with Crippen LogP contribution in [0.25, 0.3) is 0 Å². The smallest absolute Gasteiger partial charge is 0.254 e. The van der Waals surface area contributed by atoms with Gasteiger partial charge in [0.05, 0.1) is 19.4 Å². The standard InChI is InChI=1S/C19H20N2O2/c1-15-7-3-4-10-18(15)19(22)21(14-17-9-6-12-23-17)13-16-8-5-11-20(16)2/h3-12H,13-14H2,1-2H3. The van der Waals surface area contributed by atoms with Crippen molar-refractivity contribution in [1.82, 2.24) is 9.47 Å². The van der Waals surface area contributed by atoms with Gasteiger partial charge in [-0.2, -0.15) is 0 Å². The van der Waals surface area contributed by atoms with E-state index < -0.39 is 0 Å². The van der Waals surface area contributed by atoms with Gasteiger partial charge >= 0.3 is 0 Å². The number of nitrogens with zero attached hydrogens (tertiary/aromatic N) is 2. The van der Waals surface area contributed by atoms with Crippen molar-refractivity contribution < 1.29 is 9.21 Å². The van der Waals surface area contributed by atoms with Crippen molar-refractivity contribution >= 4 is 5.91 Å². The van der Waals surface area contributed by atoms with Crippen molar-refractivity contribution in [3.05, 3.63) is 83.6 Å². The third-order valence-electron chi connectivity index (χ3n) is 3.99. The average Bonchev–Trinajstić information content (AvgIpc) is 3.19. The highest BCUT2D eigenvalue weighted by atomic mass is 16.3. The van der Waals surface area contributed by atoms with Gasteiger partial charge in [0.25, 0.3) is 5.91 Å². The molecule has 4 nitrogen and oxygen atoms in total. The fourth-order valence-electron chi connectivity index (χ4n) is 2.63. The van der Waals surface area contributed by atoms with Gasteiger partial charge in [-0.05, 0) is 42.8 Å². The lowest BCUT2D eigenvalue weighted by molar-refractivity contribution is 0.0713. The molecule has 0 bridgehead atoms. The molecule has 23 heavy (non-hydrogen) atoms. The van der Waals surface area contributed by atoms with E-state index >= 15 is 0 Å². The molecule has 0 aliphatic carbocycles. The second-order valence-electron chi connectivity index (χ2n) is 5.67. The summed E-state index contributed by atoms with van der Waals surface area (Å²) in [5, 5.41) is 0. The topological polar surface area (TPSA) is 38.4 Å². The summed E-state index contributed by atoms with van der Waals surface area (Å²) in [5.41, 5.74) is 2.79. The van der Waals surface area contributed by atoms with E-state index in [-0.39, 0.29) is 5.91 Å². The minimum absolute atomic E-state index is 0.0145. The highest BCUT2D eigenvalue weighted by molar-refractivity contribution is 5.95. The first-order valence-corrected chi connectivity index (χ1v) is 7.62. The zero-order valence-corrected chi connectivity index (χ0v) is 13.4. The van der Waals surface area contributed by atoms with E-state index in [4.69, 9.17) is 4.42 Å². The zero-order chi connectivity index (χ0) is 16.2. The predicted octanol–water partition coefficient (Wildman–Crippen LogP) is 3.77. The van der Waals surface area contributed by atoms with E-state index in [0.29, 0.717) is 13.1 Å². The quantitative estimate of drug-likeness (QED) is 0.719. The molecule has 0 atom stereocenters. The number of benzene rings is 1. The number of rotatable bonds is 5. The molecule has 0 unspecified atom stereocenters. The lowest BCUT2D eigenvalue weighted by Gasteiger charge is -2.23. The summed E-state index contributed by atoms with van der Waals surface area (Å²) in [6, 6.07) is 15.4. The molecule has 0 aliphatic heterocycles. The number of carbonyl (C=O) groups is 1. The average molecular weight is 308 g/mol. The number of hydrogen-bond acceptors (Lipinski definition) is 2. The van der Waals surface area contributed by atoms with Crippen molar-refractivity contribution in [3.8, 4) is 0 Å². The van der Waals surface area contributed by atoms with Crippen LogP contribution >= 0.6 is 0 Å². The Bertz CT molecular complexity index is 787. The second-order valence-corrected chi connectivity index (χ2v) is 5.67. The first kappa shape index (κ1) is 15.2. The van der Waals surface area contributed by atoms with Crippen LogP contribution < -0.4 is 0 Å². The fraction of sp³-hybridized carbons (Fsp3) is 0.211. The van der Waals surface area contributed by atoms with Gasteiger partial charge in [0.1, 0.15) is 5.76 Å². The number of hydrogen-bond donors (Lipinski definition) is 0. The Morgan fingerprint density at radius 2 is 1.91 bits per heavy atom. The molecule has 118 valence electrons. The van der Waals surface area contributed by atoms with E-state index in [9.17, 15) is 4.79 Å². The summed E-state index contributed by atoms with van der Waals surface area (Å²) in [4.78, 5) is 14.8. The van der Waals surface area contributed by atoms with E-state index in [1.54, 1.807) is 6.26 Å². The van der Waals surface area contributed by atoms with Crippen LogP contribution in [0.4, 0.5) is 0 Å². The van der Waals surface area contributed by atoms with Crippen LogP contribution in [0.5, 0.6) is 0 Å². The van der Waals surface area contributed by atoms with Crippen LogP contribution in [0.3, 0.4) is 0 Å². The molecule has 1 amide bonds. The molecule has 0 N–H and O–H groups in total. The van der Waals surface area contributed by atoms with Gasteiger partial charge in [-0.25, -0.2) is 0 Å². The molecule has 3 aromatic rings. The molecule has 0 fully saturated rings. The molecule has 0 aliphatic rings. The summed E-state index contributed by atoms with van der Waals surface area (Å²) >= 11 is 0. The molecule has 0 spiro atoms. The number of furan rings is 1. The van der Waals surface area contributed by atoms with Crippen LogP contribution in [0.15, 0.2) is 65.4 Å². The third kappa shape index (κ3) is 3.37. The number of amides is 1. The van der Waals surface area contributed by atoms with E-state index in [2.05, 4.69) is 0 Å². The summed E-state index contributed by atoms with van der Waals surface area (Å²) in [6.45, 7) is 2.95. The Balaban J connectivity index is 1.89. The van der Waals surface area contributed by atoms with Crippen molar-refractivity contribution in [3.63, 3.8) is 0 Å². The Labute approximate surface area is 136 Å². The van der Waals surface area contributed by atoms with E-state index in [1.165, 1.54) is 0 Å². The Morgan fingerprint density at radius 1 is 1.09 bits per heavy atom. The third-order valence-corrected chi connectivity index (χ3v) is 3.99. The summed E-state index contributed by atoms with van der Waals surface area (Å²) < 4.78 is 7.46. The van der Waals surface area contributed by atoms with Gasteiger partial charge in [-0.3, -0.25) is 4.79 Å². The molecule has 0 saturated carbocycles. The highest BCUT2D eigenvalue weighted by Crippen LogP contribution is 2.17. The number of carbonyl (C=O) groups excluding carboxylic acids is 1. The van der Waals surface area contributed by atoms with Crippen molar-refractivity contribution in [2.75, 3.05) is 0 Å². The van der Waals surface area contributed by atoms with Crippen LogP contribution in [-0.2, 0) is 20.1 Å². The molecule has 3 rings (SSSR count). The zero-order valence-electron chi connectivity index (χ0n) is 13.4. The Morgan fingerprint density at radius 3 is 2.57 bits per heavy atom. The van der Waals surface area contributed by atoms with Crippen molar-refractivity contribution in [1.29, 1.82) is 0 Å². The maximum atomic E-state index is 13.0. The molecule has 4 heteroatoms. The summed E-state index contributed by atoms with van der Waals surface area (Å²) in [5.74, 6) is 0.793. The maximum absolute atomic E-state index is 13.0. The summed E-state index contributed by atoms with van der Waals surface area (Å²) in [7, 11) is 1.98. The van der Waals surface area contributed by atoms with E-state index in [0.717, 1.165) is 22.6 Å². The van der Waals surface area contributed by atoms with Crippen LogP contribution in [0.1, 0.15) is 27.4 Å². The SMILES string of the molecule is Cc1ccccc1C(=O)N(Cc1ccco1)Cc1cccn1C. The molecule has 2 aromatic heterocycles. The largest absolute Gasteiger partial charge is 0.467 e. The number of aromatic nitrogens is 1. The fourth-order valence-corrected chi connectivity index (χ4v) is 2.63. The maximum Gasteiger partial charge on any atom is 0.254 e. The van der Waals surface area contributed by atoms with Gasteiger partial charge in [0, 0.05) is 24.5 Å². The second kappa shape index (κ2) is 6.57. The monoisotopic (exact) mass is 308 g/mol. The van der Waals surface area contributed by atoms with Crippen LogP contribution in [-0.4, -0.2) is 15.4 Å². The Kier molecular flexibility index (Phi) is 4.33. The molecule has 2 heterocycles. The molecule has 1 aromatic carbocycles. The van der Waals surface area contributed by atoms with Gasteiger partial charge in [0.2, 0.25) is 0 Å². The van der Waals surface area contributed by atoms with Gasteiger partial charge in [-0.15, -0.1) is 0 Å². The molecular formula is C19H20N2O2. The van der Waals surface area contributed by atoms with Crippen LogP contribution in [0.2, 0.25) is 0 Å². The van der Waals surface area contributed by atoms with Gasteiger partial charge in [0.15, 0.2) is 0 Å². The van der Waals surface area contributed by atoms with Crippen LogP contribution in [0, 0.1) is 6.92 Å². The lowest BCUT2D eigenvalue weighted by atomic mass is 10.1. The molecule has 0 radical (unpaired) electrons. The minimum atomic E-state index is 0.0145. The predicted molar refractivity (Wildman–Crippen MR) is 88.9 cm³/mol. The number of aryl methyl sites for hydroxylation is 2. The van der Waals surface area contributed by atoms with Crippen molar-refractivity contribution in [2.24, 2.45) is 7.05 Å². The van der Waals surface area contributed by atoms with Crippen molar-refractivity contribution in [2.45, 2.75) is 20.0 Å². The first-order valence-electron chi connectivity index (χ1n) is 7.62. The van der Waals surface area contributed by atoms with E-state index in [1.807, 2.05) is 78.2 Å².